The minimum atomic E-state index is -0.389. The quantitative estimate of drug-likeness (QED) is 0.677. The fourth-order valence-corrected chi connectivity index (χ4v) is 1.89. The summed E-state index contributed by atoms with van der Waals surface area (Å²) in [6.45, 7) is 1.92. The normalized spacial score (nSPS) is 12.5. The van der Waals surface area contributed by atoms with Gasteiger partial charge in [0.2, 0.25) is 0 Å². The summed E-state index contributed by atoms with van der Waals surface area (Å²) in [6.07, 6.45) is 1.57. The summed E-state index contributed by atoms with van der Waals surface area (Å²) < 4.78 is 0.565. The van der Waals surface area contributed by atoms with Crippen molar-refractivity contribution in [2.45, 2.75) is 25.8 Å². The van der Waals surface area contributed by atoms with Crippen LogP contribution in [0.15, 0.2) is 22.7 Å². The van der Waals surface area contributed by atoms with E-state index in [-0.39, 0.29) is 16.7 Å². The van der Waals surface area contributed by atoms with Crippen molar-refractivity contribution in [3.63, 3.8) is 0 Å². The molecule has 1 rings (SSSR count). The van der Waals surface area contributed by atoms with Gasteiger partial charge < -0.3 is 5.73 Å². The largest absolute Gasteiger partial charge is 0.328 e. The molecule has 0 unspecified atom stereocenters. The first-order valence-corrected chi connectivity index (χ1v) is 5.49. The molecule has 0 spiro atoms. The summed E-state index contributed by atoms with van der Waals surface area (Å²) in [5.41, 5.74) is 6.68. The Hall–Kier alpha value is -0.940. The average molecular weight is 273 g/mol. The first-order valence-electron chi connectivity index (χ1n) is 4.69. The lowest BCUT2D eigenvalue weighted by Gasteiger charge is -2.06. The molecule has 0 aliphatic rings. The van der Waals surface area contributed by atoms with Gasteiger partial charge in [0.05, 0.1) is 9.40 Å². The number of nitro groups is 1. The lowest BCUT2D eigenvalue weighted by atomic mass is 10.1. The lowest BCUT2D eigenvalue weighted by Crippen LogP contribution is -2.15. The molecule has 1 aromatic rings. The highest BCUT2D eigenvalue weighted by Gasteiger charge is 2.14. The van der Waals surface area contributed by atoms with Gasteiger partial charge in [-0.25, -0.2) is 0 Å². The van der Waals surface area contributed by atoms with Gasteiger partial charge in [-0.15, -0.1) is 0 Å². The van der Waals surface area contributed by atoms with E-state index in [9.17, 15) is 10.1 Å². The second-order valence-electron chi connectivity index (χ2n) is 3.52. The van der Waals surface area contributed by atoms with Gasteiger partial charge in [-0.1, -0.05) is 12.1 Å². The molecule has 1 atom stereocenters. The van der Waals surface area contributed by atoms with Crippen LogP contribution in [0.2, 0.25) is 0 Å². The third-order valence-electron chi connectivity index (χ3n) is 2.12. The molecule has 5 heteroatoms. The summed E-state index contributed by atoms with van der Waals surface area (Å²) in [6, 6.07) is 5.16. The Morgan fingerprint density at radius 2 is 2.27 bits per heavy atom. The maximum Gasteiger partial charge on any atom is 0.283 e. The summed E-state index contributed by atoms with van der Waals surface area (Å²) in [4.78, 5) is 10.3. The topological polar surface area (TPSA) is 69.2 Å². The molecule has 0 saturated heterocycles. The molecule has 82 valence electrons. The summed E-state index contributed by atoms with van der Waals surface area (Å²) >= 11 is 3.25. The average Bonchev–Trinajstić information content (AvgIpc) is 2.15. The van der Waals surface area contributed by atoms with Gasteiger partial charge >= 0.3 is 0 Å². The molecule has 0 heterocycles. The van der Waals surface area contributed by atoms with Gasteiger partial charge in [-0.3, -0.25) is 10.1 Å². The molecule has 4 nitrogen and oxygen atoms in total. The SMILES string of the molecule is C[C@H](N)CCc1cccc([N+](=O)[O-])c1Br. The number of rotatable bonds is 4. The van der Waals surface area contributed by atoms with Crippen LogP contribution in [-0.2, 0) is 6.42 Å². The number of hydrogen-bond donors (Lipinski definition) is 1. The fraction of sp³-hybridized carbons (Fsp3) is 0.400. The van der Waals surface area contributed by atoms with Crippen molar-refractivity contribution < 1.29 is 4.92 Å². The maximum absolute atomic E-state index is 10.7. The Kier molecular flexibility index (Phi) is 4.23. The number of aryl methyl sites for hydroxylation is 1. The minimum absolute atomic E-state index is 0.108. The zero-order chi connectivity index (χ0) is 11.4. The first kappa shape index (κ1) is 12.1. The van der Waals surface area contributed by atoms with Gasteiger partial charge in [0, 0.05) is 12.1 Å². The smallest absolute Gasteiger partial charge is 0.283 e. The maximum atomic E-state index is 10.7. The number of benzene rings is 1. The molecular weight excluding hydrogens is 260 g/mol. The number of nitro benzene ring substituents is 1. The molecule has 0 amide bonds. The third kappa shape index (κ3) is 3.28. The van der Waals surface area contributed by atoms with E-state index in [1.807, 2.05) is 13.0 Å². The van der Waals surface area contributed by atoms with Crippen LogP contribution in [0.3, 0.4) is 0 Å². The van der Waals surface area contributed by atoms with Crippen LogP contribution in [0.1, 0.15) is 18.9 Å². The lowest BCUT2D eigenvalue weighted by molar-refractivity contribution is -0.385. The van der Waals surface area contributed by atoms with Crippen molar-refractivity contribution in [1.82, 2.24) is 0 Å². The van der Waals surface area contributed by atoms with E-state index in [4.69, 9.17) is 5.73 Å². The van der Waals surface area contributed by atoms with E-state index in [2.05, 4.69) is 15.9 Å². The van der Waals surface area contributed by atoms with Crippen LogP contribution >= 0.6 is 15.9 Å². The highest BCUT2D eigenvalue weighted by Crippen LogP contribution is 2.29. The number of nitrogens with zero attached hydrogens (tertiary/aromatic N) is 1. The van der Waals surface area contributed by atoms with Crippen molar-refractivity contribution in [3.8, 4) is 0 Å². The Morgan fingerprint density at radius 1 is 1.60 bits per heavy atom. The molecule has 0 aliphatic heterocycles. The van der Waals surface area contributed by atoms with Crippen LogP contribution in [-0.4, -0.2) is 11.0 Å². The Morgan fingerprint density at radius 3 is 2.80 bits per heavy atom. The van der Waals surface area contributed by atoms with E-state index >= 15 is 0 Å². The highest BCUT2D eigenvalue weighted by atomic mass is 79.9. The molecule has 2 N–H and O–H groups in total. The molecule has 0 radical (unpaired) electrons. The molecule has 0 bridgehead atoms. The van der Waals surface area contributed by atoms with Gasteiger partial charge in [0.15, 0.2) is 0 Å². The second kappa shape index (κ2) is 5.23. The fourth-order valence-electron chi connectivity index (χ4n) is 1.28. The summed E-state index contributed by atoms with van der Waals surface area (Å²) in [5.74, 6) is 0. The van der Waals surface area contributed by atoms with Crippen molar-refractivity contribution in [3.05, 3.63) is 38.3 Å². The van der Waals surface area contributed by atoms with E-state index < -0.39 is 0 Å². The zero-order valence-electron chi connectivity index (χ0n) is 8.44. The molecular formula is C10H13BrN2O2. The Labute approximate surface area is 96.8 Å². The highest BCUT2D eigenvalue weighted by molar-refractivity contribution is 9.10. The molecule has 0 aliphatic carbocycles. The van der Waals surface area contributed by atoms with Crippen molar-refractivity contribution >= 4 is 21.6 Å². The van der Waals surface area contributed by atoms with Crippen LogP contribution < -0.4 is 5.73 Å². The second-order valence-corrected chi connectivity index (χ2v) is 4.32. The molecule has 0 fully saturated rings. The van der Waals surface area contributed by atoms with Crippen molar-refractivity contribution in [2.24, 2.45) is 5.73 Å². The van der Waals surface area contributed by atoms with Crippen LogP contribution in [0.4, 0.5) is 5.69 Å². The Bertz CT molecular complexity index is 366. The van der Waals surface area contributed by atoms with Gasteiger partial charge in [-0.2, -0.15) is 0 Å². The van der Waals surface area contributed by atoms with Gasteiger partial charge in [0.1, 0.15) is 0 Å². The molecule has 1 aromatic carbocycles. The van der Waals surface area contributed by atoms with Crippen molar-refractivity contribution in [2.75, 3.05) is 0 Å². The third-order valence-corrected chi connectivity index (χ3v) is 3.04. The van der Waals surface area contributed by atoms with Crippen molar-refractivity contribution in [1.29, 1.82) is 0 Å². The van der Waals surface area contributed by atoms with Crippen LogP contribution in [0, 0.1) is 10.1 Å². The van der Waals surface area contributed by atoms with Crippen LogP contribution in [0.25, 0.3) is 0 Å². The summed E-state index contributed by atoms with van der Waals surface area (Å²) in [7, 11) is 0. The molecule has 15 heavy (non-hydrogen) atoms. The first-order chi connectivity index (χ1) is 7.02. The van der Waals surface area contributed by atoms with Crippen LogP contribution in [0.5, 0.6) is 0 Å². The standard InChI is InChI=1S/C10H13BrN2O2/c1-7(12)5-6-8-3-2-4-9(10(8)11)13(14)15/h2-4,7H,5-6,12H2,1H3/t7-/m0/s1. The molecule has 0 saturated carbocycles. The molecule has 0 aromatic heterocycles. The predicted octanol–water partition coefficient (Wildman–Crippen LogP) is 2.64. The zero-order valence-corrected chi connectivity index (χ0v) is 10.0. The number of halogens is 1. The van der Waals surface area contributed by atoms with Gasteiger partial charge in [-0.05, 0) is 41.3 Å². The predicted molar refractivity (Wildman–Crippen MR) is 62.8 cm³/mol. The van der Waals surface area contributed by atoms with E-state index in [1.54, 1.807) is 6.07 Å². The summed E-state index contributed by atoms with van der Waals surface area (Å²) in [5, 5.41) is 10.7. The number of nitrogens with two attached hydrogens (primary N) is 1. The van der Waals surface area contributed by atoms with E-state index in [0.717, 1.165) is 18.4 Å². The minimum Gasteiger partial charge on any atom is -0.328 e. The van der Waals surface area contributed by atoms with E-state index in [0.29, 0.717) is 4.47 Å². The monoisotopic (exact) mass is 272 g/mol. The van der Waals surface area contributed by atoms with E-state index in [1.165, 1.54) is 6.07 Å². The Balaban J connectivity index is 2.89. The number of hydrogen-bond acceptors (Lipinski definition) is 3. The van der Waals surface area contributed by atoms with Gasteiger partial charge in [0.25, 0.3) is 5.69 Å².